The number of imidazole rings is 1. The van der Waals surface area contributed by atoms with Crippen LogP contribution in [0.5, 0.6) is 5.88 Å². The lowest BCUT2D eigenvalue weighted by Crippen LogP contribution is -2.10. The molecule has 3 heterocycles. The van der Waals surface area contributed by atoms with E-state index >= 15 is 0 Å². The Balaban J connectivity index is 1.89. The molecule has 0 amide bonds. The molecule has 7 nitrogen and oxygen atoms in total. The number of aromatic nitrogens is 3. The van der Waals surface area contributed by atoms with Gasteiger partial charge in [-0.15, -0.1) is 0 Å². The van der Waals surface area contributed by atoms with Crippen LogP contribution in [0, 0.1) is 0 Å². The van der Waals surface area contributed by atoms with E-state index in [1.807, 2.05) is 6.07 Å². The maximum absolute atomic E-state index is 11.2. The molecule has 0 aromatic carbocycles. The summed E-state index contributed by atoms with van der Waals surface area (Å²) in [5.74, 6) is 0.682. The molecule has 3 aromatic rings. The van der Waals surface area contributed by atoms with Crippen molar-refractivity contribution in [2.45, 2.75) is 6.92 Å². The van der Waals surface area contributed by atoms with Crippen molar-refractivity contribution in [3.05, 3.63) is 37.0 Å². The molecule has 0 aliphatic heterocycles. The van der Waals surface area contributed by atoms with Gasteiger partial charge in [0.15, 0.2) is 0 Å². The fourth-order valence-corrected chi connectivity index (χ4v) is 1.74. The highest BCUT2D eigenvalue weighted by molar-refractivity contribution is 5.64. The molecule has 0 unspecified atom stereocenters. The summed E-state index contributed by atoms with van der Waals surface area (Å²) in [6.07, 6.45) is 5.67. The predicted molar refractivity (Wildman–Crippen MR) is 68.3 cm³/mol. The van der Waals surface area contributed by atoms with E-state index in [9.17, 15) is 4.79 Å². The highest BCUT2D eigenvalue weighted by Gasteiger charge is 2.10. The maximum Gasteiger partial charge on any atom is 0.515 e. The summed E-state index contributed by atoms with van der Waals surface area (Å²) in [4.78, 5) is 19.4. The van der Waals surface area contributed by atoms with Crippen LogP contribution in [0.3, 0.4) is 0 Å². The van der Waals surface area contributed by atoms with Crippen LogP contribution in [0.4, 0.5) is 4.79 Å². The number of hydrogen-bond acceptors (Lipinski definition) is 6. The van der Waals surface area contributed by atoms with Crippen molar-refractivity contribution >= 4 is 11.8 Å². The Labute approximate surface area is 113 Å². The van der Waals surface area contributed by atoms with Gasteiger partial charge in [0.2, 0.25) is 11.8 Å². The normalized spacial score (nSPS) is 10.7. The van der Waals surface area contributed by atoms with Crippen LogP contribution in [0.15, 0.2) is 41.4 Å². The van der Waals surface area contributed by atoms with Gasteiger partial charge in [-0.3, -0.25) is 0 Å². The molecular formula is C13H11N3O4. The summed E-state index contributed by atoms with van der Waals surface area (Å²) in [6, 6.07) is 3.60. The Morgan fingerprint density at radius 3 is 3.05 bits per heavy atom. The van der Waals surface area contributed by atoms with Crippen LogP contribution in [-0.4, -0.2) is 27.1 Å². The van der Waals surface area contributed by atoms with E-state index < -0.39 is 6.16 Å². The number of hydrogen-bond donors (Lipinski definition) is 0. The molecular weight excluding hydrogens is 262 g/mol. The number of pyridine rings is 1. The largest absolute Gasteiger partial charge is 0.515 e. The van der Waals surface area contributed by atoms with E-state index in [0.717, 1.165) is 5.56 Å². The molecule has 102 valence electrons. The van der Waals surface area contributed by atoms with Crippen molar-refractivity contribution in [1.82, 2.24) is 14.4 Å². The van der Waals surface area contributed by atoms with Gasteiger partial charge in [-0.05, 0) is 19.1 Å². The van der Waals surface area contributed by atoms with E-state index in [2.05, 4.69) is 14.7 Å². The second-order valence-corrected chi connectivity index (χ2v) is 3.88. The number of rotatable bonds is 3. The number of nitrogens with zero attached hydrogens (tertiary/aromatic N) is 3. The first-order chi connectivity index (χ1) is 9.76. The third-order valence-corrected chi connectivity index (χ3v) is 2.56. The highest BCUT2D eigenvalue weighted by atomic mass is 16.7. The molecule has 0 fully saturated rings. The monoisotopic (exact) mass is 273 g/mol. The van der Waals surface area contributed by atoms with E-state index in [0.29, 0.717) is 11.5 Å². The van der Waals surface area contributed by atoms with Crippen LogP contribution < -0.4 is 4.74 Å². The minimum atomic E-state index is -0.774. The number of ether oxygens (including phenoxy) is 2. The van der Waals surface area contributed by atoms with E-state index in [4.69, 9.17) is 9.15 Å². The van der Waals surface area contributed by atoms with Crippen molar-refractivity contribution in [2.24, 2.45) is 0 Å². The molecule has 0 spiro atoms. The third kappa shape index (κ3) is 2.33. The maximum atomic E-state index is 11.2. The zero-order valence-corrected chi connectivity index (χ0v) is 10.6. The van der Waals surface area contributed by atoms with Crippen LogP contribution in [0.2, 0.25) is 0 Å². The van der Waals surface area contributed by atoms with Gasteiger partial charge in [-0.2, -0.15) is 4.98 Å². The van der Waals surface area contributed by atoms with Crippen LogP contribution in [0.1, 0.15) is 6.92 Å². The topological polar surface area (TPSA) is 78.9 Å². The lowest BCUT2D eigenvalue weighted by atomic mass is 10.3. The number of carbonyl (C=O) groups is 1. The minimum absolute atomic E-state index is 0.174. The van der Waals surface area contributed by atoms with E-state index in [1.54, 1.807) is 36.0 Å². The van der Waals surface area contributed by atoms with Gasteiger partial charge < -0.3 is 18.3 Å². The van der Waals surface area contributed by atoms with E-state index in [-0.39, 0.29) is 12.5 Å². The van der Waals surface area contributed by atoms with Crippen molar-refractivity contribution in [3.63, 3.8) is 0 Å². The molecule has 7 heteroatoms. The summed E-state index contributed by atoms with van der Waals surface area (Å²) in [5, 5.41) is 0. The molecule has 0 aliphatic rings. The van der Waals surface area contributed by atoms with Crippen molar-refractivity contribution in [3.8, 4) is 17.3 Å². The van der Waals surface area contributed by atoms with Gasteiger partial charge in [-0.1, -0.05) is 0 Å². The molecule has 20 heavy (non-hydrogen) atoms. The van der Waals surface area contributed by atoms with Crippen LogP contribution in [-0.2, 0) is 4.74 Å². The second-order valence-electron chi connectivity index (χ2n) is 3.88. The Bertz CT molecular complexity index is 733. The zero-order chi connectivity index (χ0) is 13.9. The minimum Gasteiger partial charge on any atom is -0.444 e. The Kier molecular flexibility index (Phi) is 3.08. The Morgan fingerprint density at radius 2 is 2.30 bits per heavy atom. The first-order valence-electron chi connectivity index (χ1n) is 5.99. The summed E-state index contributed by atoms with van der Waals surface area (Å²) in [6.45, 7) is 1.95. The van der Waals surface area contributed by atoms with Crippen LogP contribution >= 0.6 is 0 Å². The van der Waals surface area contributed by atoms with Gasteiger partial charge >= 0.3 is 6.16 Å². The zero-order valence-electron chi connectivity index (χ0n) is 10.6. The summed E-state index contributed by atoms with van der Waals surface area (Å²) in [7, 11) is 0. The second kappa shape index (κ2) is 5.04. The molecule has 3 rings (SSSR count). The lowest BCUT2D eigenvalue weighted by molar-refractivity contribution is 0.103. The summed E-state index contributed by atoms with van der Waals surface area (Å²) in [5.41, 5.74) is 1.43. The molecule has 0 radical (unpaired) electrons. The van der Waals surface area contributed by atoms with Gasteiger partial charge in [0, 0.05) is 6.20 Å². The third-order valence-electron chi connectivity index (χ3n) is 2.56. The highest BCUT2D eigenvalue weighted by Crippen LogP contribution is 2.20. The van der Waals surface area contributed by atoms with E-state index in [1.165, 1.54) is 6.26 Å². The first-order valence-corrected chi connectivity index (χ1v) is 5.99. The van der Waals surface area contributed by atoms with Gasteiger partial charge in [-0.25, -0.2) is 9.78 Å². The SMILES string of the molecule is CCOC(=O)Oc1cn2cc(-c3ncco3)ccc2n1. The predicted octanol–water partition coefficient (Wildman–Crippen LogP) is 2.52. The van der Waals surface area contributed by atoms with Crippen molar-refractivity contribution < 1.29 is 18.7 Å². The first kappa shape index (κ1) is 12.2. The summed E-state index contributed by atoms with van der Waals surface area (Å²) < 4.78 is 16.6. The molecule has 0 bridgehead atoms. The molecule has 0 atom stereocenters. The smallest absolute Gasteiger partial charge is 0.444 e. The molecule has 0 N–H and O–H groups in total. The Morgan fingerprint density at radius 1 is 1.40 bits per heavy atom. The van der Waals surface area contributed by atoms with Gasteiger partial charge in [0.1, 0.15) is 11.9 Å². The average molecular weight is 273 g/mol. The fourth-order valence-electron chi connectivity index (χ4n) is 1.74. The van der Waals surface area contributed by atoms with Gasteiger partial charge in [0.25, 0.3) is 0 Å². The lowest BCUT2D eigenvalue weighted by Gasteiger charge is -1.98. The van der Waals surface area contributed by atoms with Crippen molar-refractivity contribution in [2.75, 3.05) is 6.61 Å². The van der Waals surface area contributed by atoms with Crippen molar-refractivity contribution in [1.29, 1.82) is 0 Å². The Hall–Kier alpha value is -2.83. The number of oxazole rings is 1. The average Bonchev–Trinajstić information content (AvgIpc) is 3.06. The fraction of sp³-hybridized carbons (Fsp3) is 0.154. The molecule has 0 saturated heterocycles. The van der Waals surface area contributed by atoms with Gasteiger partial charge in [0.05, 0.1) is 24.6 Å². The number of fused-ring (bicyclic) bond motifs is 1. The standard InChI is InChI=1S/C13H11N3O4/c1-2-18-13(17)20-11-8-16-7-9(3-4-10(16)15-11)12-14-5-6-19-12/h3-8H,2H2,1H3. The number of carbonyl (C=O) groups excluding carboxylic acids is 1. The van der Waals surface area contributed by atoms with Crippen LogP contribution in [0.25, 0.3) is 17.1 Å². The summed E-state index contributed by atoms with van der Waals surface area (Å²) >= 11 is 0. The molecule has 0 aliphatic carbocycles. The molecule has 0 saturated carbocycles. The molecule has 3 aromatic heterocycles. The quantitative estimate of drug-likeness (QED) is 0.682.